The van der Waals surface area contributed by atoms with Crippen molar-refractivity contribution in [1.82, 2.24) is 15.1 Å². The van der Waals surface area contributed by atoms with Crippen LogP contribution in [0.5, 0.6) is 0 Å². The summed E-state index contributed by atoms with van der Waals surface area (Å²) in [6.45, 7) is 10.5. The normalized spacial score (nSPS) is 30.7. The summed E-state index contributed by atoms with van der Waals surface area (Å²) in [6, 6.07) is 3.10. The molecule has 2 rings (SSSR count). The summed E-state index contributed by atoms with van der Waals surface area (Å²) in [5.74, 6) is 0. The van der Waals surface area contributed by atoms with Crippen LogP contribution in [0.15, 0.2) is 0 Å². The van der Waals surface area contributed by atoms with Gasteiger partial charge >= 0.3 is 0 Å². The van der Waals surface area contributed by atoms with Gasteiger partial charge in [0.1, 0.15) is 0 Å². The van der Waals surface area contributed by atoms with E-state index in [0.29, 0.717) is 6.04 Å². The lowest BCUT2D eigenvalue weighted by molar-refractivity contribution is 0.251. The lowest BCUT2D eigenvalue weighted by Gasteiger charge is -2.22. The summed E-state index contributed by atoms with van der Waals surface area (Å²) in [5.41, 5.74) is 0. The molecule has 3 nitrogen and oxygen atoms in total. The molecule has 2 atom stereocenters. The van der Waals surface area contributed by atoms with E-state index in [4.69, 9.17) is 0 Å². The summed E-state index contributed by atoms with van der Waals surface area (Å²) >= 11 is 0. The molecule has 1 aliphatic heterocycles. The lowest BCUT2D eigenvalue weighted by Crippen LogP contribution is -2.39. The molecule has 1 saturated heterocycles. The van der Waals surface area contributed by atoms with Crippen LogP contribution in [0.25, 0.3) is 0 Å². The third-order valence-electron chi connectivity index (χ3n) is 4.42. The predicted molar refractivity (Wildman–Crippen MR) is 73.4 cm³/mol. The molecule has 2 fully saturated rings. The van der Waals surface area contributed by atoms with Crippen molar-refractivity contribution in [3.05, 3.63) is 0 Å². The van der Waals surface area contributed by atoms with Gasteiger partial charge in [-0.15, -0.1) is 0 Å². The van der Waals surface area contributed by atoms with E-state index < -0.39 is 0 Å². The molecule has 0 bridgehead atoms. The van der Waals surface area contributed by atoms with Gasteiger partial charge in [0.05, 0.1) is 0 Å². The quantitative estimate of drug-likeness (QED) is 0.758. The van der Waals surface area contributed by atoms with Crippen LogP contribution in [0.3, 0.4) is 0 Å². The Bertz CT molecular complexity index is 238. The first kappa shape index (κ1) is 13.3. The van der Waals surface area contributed by atoms with E-state index in [0.717, 1.165) is 31.2 Å². The number of rotatable bonds is 6. The molecule has 1 heterocycles. The molecule has 3 heteroatoms. The third kappa shape index (κ3) is 3.67. The number of hydrogen-bond acceptors (Lipinski definition) is 3. The Morgan fingerprint density at radius 3 is 2.65 bits per heavy atom. The van der Waals surface area contributed by atoms with E-state index in [9.17, 15) is 0 Å². The number of nitrogens with zero attached hydrogens (tertiary/aromatic N) is 2. The van der Waals surface area contributed by atoms with Crippen molar-refractivity contribution in [3.63, 3.8) is 0 Å². The minimum absolute atomic E-state index is 0.655. The van der Waals surface area contributed by atoms with E-state index in [1.807, 2.05) is 0 Å². The summed E-state index contributed by atoms with van der Waals surface area (Å²) in [7, 11) is 2.21. The minimum Gasteiger partial charge on any atom is -0.311 e. The first-order chi connectivity index (χ1) is 8.08. The molecule has 100 valence electrons. The van der Waals surface area contributed by atoms with Crippen LogP contribution in [0.2, 0.25) is 0 Å². The van der Waals surface area contributed by atoms with Gasteiger partial charge in [0.15, 0.2) is 0 Å². The second-order valence-corrected chi connectivity index (χ2v) is 6.24. The predicted octanol–water partition coefficient (Wildman–Crippen LogP) is 1.54. The van der Waals surface area contributed by atoms with Crippen LogP contribution in [0.1, 0.15) is 40.0 Å². The van der Waals surface area contributed by atoms with Crippen molar-refractivity contribution < 1.29 is 0 Å². The zero-order valence-electron chi connectivity index (χ0n) is 11.9. The SMILES string of the molecule is CC(C)N(C)CCNC1CC(C)N(C2CC2)C1. The molecule has 0 aromatic heterocycles. The van der Waals surface area contributed by atoms with Gasteiger partial charge in [0.2, 0.25) is 0 Å². The van der Waals surface area contributed by atoms with Crippen molar-refractivity contribution >= 4 is 0 Å². The van der Waals surface area contributed by atoms with Crippen molar-refractivity contribution in [2.45, 2.75) is 64.2 Å². The van der Waals surface area contributed by atoms with Crippen LogP contribution in [-0.4, -0.2) is 60.6 Å². The van der Waals surface area contributed by atoms with Gasteiger partial charge in [-0.25, -0.2) is 0 Å². The largest absolute Gasteiger partial charge is 0.311 e. The van der Waals surface area contributed by atoms with Gasteiger partial charge in [-0.05, 0) is 47.1 Å². The lowest BCUT2D eigenvalue weighted by atomic mass is 10.2. The molecule has 0 aromatic rings. The van der Waals surface area contributed by atoms with Crippen molar-refractivity contribution in [1.29, 1.82) is 0 Å². The zero-order valence-corrected chi connectivity index (χ0v) is 11.9. The number of likely N-dealkylation sites (tertiary alicyclic amines) is 1. The van der Waals surface area contributed by atoms with E-state index >= 15 is 0 Å². The number of likely N-dealkylation sites (N-methyl/N-ethyl adjacent to an activating group) is 1. The second kappa shape index (κ2) is 5.68. The molecule has 1 aliphatic carbocycles. The minimum atomic E-state index is 0.655. The monoisotopic (exact) mass is 239 g/mol. The second-order valence-electron chi connectivity index (χ2n) is 6.24. The maximum Gasteiger partial charge on any atom is 0.0210 e. The molecule has 0 amide bonds. The number of nitrogens with one attached hydrogen (secondary N) is 1. The molecule has 17 heavy (non-hydrogen) atoms. The topological polar surface area (TPSA) is 18.5 Å². The fourth-order valence-electron chi connectivity index (χ4n) is 2.82. The fraction of sp³-hybridized carbons (Fsp3) is 1.00. The molecule has 1 saturated carbocycles. The van der Waals surface area contributed by atoms with Gasteiger partial charge in [-0.1, -0.05) is 0 Å². The molecule has 0 spiro atoms. The van der Waals surface area contributed by atoms with Crippen molar-refractivity contribution in [2.75, 3.05) is 26.7 Å². The smallest absolute Gasteiger partial charge is 0.0210 e. The van der Waals surface area contributed by atoms with Crippen molar-refractivity contribution in [2.24, 2.45) is 0 Å². The maximum atomic E-state index is 3.73. The summed E-state index contributed by atoms with van der Waals surface area (Å²) < 4.78 is 0. The average molecular weight is 239 g/mol. The molecule has 0 radical (unpaired) electrons. The Balaban J connectivity index is 1.64. The highest BCUT2D eigenvalue weighted by molar-refractivity contribution is 4.95. The van der Waals surface area contributed by atoms with Crippen molar-refractivity contribution in [3.8, 4) is 0 Å². The molecule has 0 aromatic carbocycles. The Kier molecular flexibility index (Phi) is 4.45. The molecular weight excluding hydrogens is 210 g/mol. The summed E-state index contributed by atoms with van der Waals surface area (Å²) in [5, 5.41) is 3.73. The highest BCUT2D eigenvalue weighted by Gasteiger charge is 2.38. The van der Waals surface area contributed by atoms with E-state index in [-0.39, 0.29) is 0 Å². The highest BCUT2D eigenvalue weighted by atomic mass is 15.3. The average Bonchev–Trinajstić information content (AvgIpc) is 3.03. The van der Waals surface area contributed by atoms with Crippen LogP contribution in [0, 0.1) is 0 Å². The molecule has 2 unspecified atom stereocenters. The zero-order chi connectivity index (χ0) is 12.4. The van der Waals surface area contributed by atoms with Crippen LogP contribution in [-0.2, 0) is 0 Å². The Morgan fingerprint density at radius 2 is 2.06 bits per heavy atom. The van der Waals surface area contributed by atoms with E-state index in [1.165, 1.54) is 25.8 Å². The fourth-order valence-corrected chi connectivity index (χ4v) is 2.82. The highest BCUT2D eigenvalue weighted by Crippen LogP contribution is 2.33. The van der Waals surface area contributed by atoms with Gasteiger partial charge < -0.3 is 10.2 Å². The summed E-state index contributed by atoms with van der Waals surface area (Å²) in [6.07, 6.45) is 4.21. The van der Waals surface area contributed by atoms with Gasteiger partial charge in [0, 0.05) is 43.8 Å². The molecule has 2 aliphatic rings. The number of hydrogen-bond donors (Lipinski definition) is 1. The van der Waals surface area contributed by atoms with E-state index in [2.05, 4.69) is 42.9 Å². The van der Waals surface area contributed by atoms with Gasteiger partial charge in [-0.3, -0.25) is 4.90 Å². The molecule has 1 N–H and O–H groups in total. The van der Waals surface area contributed by atoms with Crippen LogP contribution in [0.4, 0.5) is 0 Å². The van der Waals surface area contributed by atoms with Gasteiger partial charge in [0.25, 0.3) is 0 Å². The Hall–Kier alpha value is -0.120. The first-order valence-electron chi connectivity index (χ1n) is 7.27. The standard InChI is InChI=1S/C14H29N3/c1-11(2)16(4)8-7-15-13-9-12(3)17(10-13)14-5-6-14/h11-15H,5-10H2,1-4H3. The van der Waals surface area contributed by atoms with E-state index in [1.54, 1.807) is 0 Å². The Morgan fingerprint density at radius 1 is 1.35 bits per heavy atom. The Labute approximate surface area is 107 Å². The van der Waals surface area contributed by atoms with Gasteiger partial charge in [-0.2, -0.15) is 0 Å². The van der Waals surface area contributed by atoms with Crippen LogP contribution >= 0.6 is 0 Å². The third-order valence-corrected chi connectivity index (χ3v) is 4.42. The van der Waals surface area contributed by atoms with Crippen LogP contribution < -0.4 is 5.32 Å². The first-order valence-corrected chi connectivity index (χ1v) is 7.27. The summed E-state index contributed by atoms with van der Waals surface area (Å²) in [4.78, 5) is 5.12. The maximum absolute atomic E-state index is 3.73. The molecular formula is C14H29N3.